The lowest BCUT2D eigenvalue weighted by Gasteiger charge is -2.31. The molecule has 166 valence electrons. The Labute approximate surface area is 188 Å². The van der Waals surface area contributed by atoms with Crippen LogP contribution in [-0.2, 0) is 14.3 Å². The Balaban J connectivity index is 1.96. The summed E-state index contributed by atoms with van der Waals surface area (Å²) in [5.74, 6) is -1.37. The number of fused-ring (bicyclic) bond motifs is 2. The summed E-state index contributed by atoms with van der Waals surface area (Å²) >= 11 is 0. The minimum Gasteiger partial charge on any atom is -0.481 e. The zero-order valence-electron chi connectivity index (χ0n) is 19.0. The molecule has 0 bridgehead atoms. The van der Waals surface area contributed by atoms with Crippen LogP contribution < -0.4 is 4.90 Å². The molecule has 0 aliphatic carbocycles. The standard InChI is InChI=1S/C27H29NO4/c1-17-12-13-22-21(14-17)25(20-11-7-9-18-8-5-6-10-19(18)20)32-23(15-24(29)30)26(31)28(22)16-27(2,3)4/h5-14,23,25H,15-16H2,1-4H3,(H,29,30). The predicted octanol–water partition coefficient (Wildman–Crippen LogP) is 5.49. The van der Waals surface area contributed by atoms with Crippen molar-refractivity contribution in [2.24, 2.45) is 5.41 Å². The monoisotopic (exact) mass is 431 g/mol. The molecular weight excluding hydrogens is 402 g/mol. The molecule has 0 radical (unpaired) electrons. The number of aliphatic carboxylic acids is 1. The molecule has 1 N–H and O–H groups in total. The molecule has 1 heterocycles. The van der Waals surface area contributed by atoms with Crippen LogP contribution in [0.5, 0.6) is 0 Å². The van der Waals surface area contributed by atoms with Gasteiger partial charge in [-0.1, -0.05) is 80.9 Å². The van der Waals surface area contributed by atoms with Crippen molar-refractivity contribution < 1.29 is 19.4 Å². The van der Waals surface area contributed by atoms with Gasteiger partial charge in [0.1, 0.15) is 12.2 Å². The van der Waals surface area contributed by atoms with Crippen molar-refractivity contribution in [1.82, 2.24) is 0 Å². The summed E-state index contributed by atoms with van der Waals surface area (Å²) in [6, 6.07) is 20.0. The Kier molecular flexibility index (Phi) is 5.78. The number of ether oxygens (including phenoxy) is 1. The fourth-order valence-corrected chi connectivity index (χ4v) is 4.37. The fraction of sp³-hybridized carbons (Fsp3) is 0.333. The van der Waals surface area contributed by atoms with Gasteiger partial charge in [-0.2, -0.15) is 0 Å². The van der Waals surface area contributed by atoms with Crippen LogP contribution in [0.15, 0.2) is 60.7 Å². The third-order valence-corrected chi connectivity index (χ3v) is 5.70. The molecule has 1 aliphatic rings. The van der Waals surface area contributed by atoms with E-state index in [1.54, 1.807) is 4.90 Å². The Morgan fingerprint density at radius 1 is 1.03 bits per heavy atom. The van der Waals surface area contributed by atoms with Gasteiger partial charge in [-0.3, -0.25) is 9.59 Å². The zero-order chi connectivity index (χ0) is 23.0. The first kappa shape index (κ1) is 22.0. The van der Waals surface area contributed by atoms with E-state index in [4.69, 9.17) is 4.74 Å². The van der Waals surface area contributed by atoms with Crippen molar-refractivity contribution in [3.8, 4) is 0 Å². The van der Waals surface area contributed by atoms with Gasteiger partial charge in [0.05, 0.1) is 6.42 Å². The van der Waals surface area contributed by atoms with Crippen molar-refractivity contribution >= 4 is 28.3 Å². The number of anilines is 1. The number of carboxylic acids is 1. The molecule has 3 aromatic rings. The van der Waals surface area contributed by atoms with Crippen LogP contribution in [0.3, 0.4) is 0 Å². The molecule has 1 aliphatic heterocycles. The number of hydrogen-bond acceptors (Lipinski definition) is 3. The van der Waals surface area contributed by atoms with E-state index in [9.17, 15) is 14.7 Å². The molecule has 0 saturated carbocycles. The summed E-state index contributed by atoms with van der Waals surface area (Å²) in [4.78, 5) is 26.9. The van der Waals surface area contributed by atoms with Crippen LogP contribution in [0.2, 0.25) is 0 Å². The highest BCUT2D eigenvalue weighted by atomic mass is 16.5. The second kappa shape index (κ2) is 8.40. The van der Waals surface area contributed by atoms with E-state index in [0.29, 0.717) is 6.54 Å². The first-order valence-corrected chi connectivity index (χ1v) is 10.9. The highest BCUT2D eigenvalue weighted by molar-refractivity contribution is 6.00. The molecule has 2 atom stereocenters. The molecule has 1 amide bonds. The van der Waals surface area contributed by atoms with Crippen molar-refractivity contribution in [3.63, 3.8) is 0 Å². The largest absolute Gasteiger partial charge is 0.481 e. The smallest absolute Gasteiger partial charge is 0.306 e. The van der Waals surface area contributed by atoms with Crippen LogP contribution in [-0.4, -0.2) is 29.6 Å². The minimum atomic E-state index is -1.08. The number of hydrogen-bond donors (Lipinski definition) is 1. The maximum Gasteiger partial charge on any atom is 0.306 e. The second-order valence-electron chi connectivity index (χ2n) is 9.72. The minimum absolute atomic E-state index is 0.176. The van der Waals surface area contributed by atoms with Gasteiger partial charge < -0.3 is 14.7 Å². The van der Waals surface area contributed by atoms with Crippen molar-refractivity contribution in [2.45, 2.75) is 46.3 Å². The summed E-state index contributed by atoms with van der Waals surface area (Å²) in [6.45, 7) is 8.66. The third kappa shape index (κ3) is 4.39. The third-order valence-electron chi connectivity index (χ3n) is 5.70. The molecule has 0 spiro atoms. The van der Waals surface area contributed by atoms with Crippen LogP contribution in [0, 0.1) is 12.3 Å². The summed E-state index contributed by atoms with van der Waals surface area (Å²) in [5, 5.41) is 11.6. The van der Waals surface area contributed by atoms with Crippen molar-refractivity contribution in [1.29, 1.82) is 0 Å². The molecule has 5 heteroatoms. The molecule has 0 fully saturated rings. The van der Waals surface area contributed by atoms with Crippen LogP contribution in [0.25, 0.3) is 10.8 Å². The van der Waals surface area contributed by atoms with Crippen molar-refractivity contribution in [2.75, 3.05) is 11.4 Å². The molecule has 0 aromatic heterocycles. The first-order chi connectivity index (χ1) is 15.1. The number of aryl methyl sites for hydroxylation is 1. The number of nitrogens with zero attached hydrogens (tertiary/aromatic N) is 1. The number of carbonyl (C=O) groups is 2. The Bertz CT molecular complexity index is 1170. The lowest BCUT2D eigenvalue weighted by atomic mass is 9.92. The molecule has 32 heavy (non-hydrogen) atoms. The average Bonchev–Trinajstić information content (AvgIpc) is 2.82. The van der Waals surface area contributed by atoms with Gasteiger partial charge in [0.2, 0.25) is 0 Å². The molecule has 3 aromatic carbocycles. The lowest BCUT2D eigenvalue weighted by Crippen LogP contribution is -2.44. The molecule has 2 unspecified atom stereocenters. The maximum atomic E-state index is 13.6. The van der Waals surface area contributed by atoms with Gasteiger partial charge in [-0.05, 0) is 34.7 Å². The van der Waals surface area contributed by atoms with Gasteiger partial charge in [0, 0.05) is 17.8 Å². The number of amides is 1. The molecular formula is C27H29NO4. The zero-order valence-corrected chi connectivity index (χ0v) is 19.0. The average molecular weight is 432 g/mol. The van der Waals surface area contributed by atoms with E-state index in [1.807, 2.05) is 67.6 Å². The fourth-order valence-electron chi connectivity index (χ4n) is 4.37. The van der Waals surface area contributed by atoms with Gasteiger partial charge >= 0.3 is 5.97 Å². The van der Waals surface area contributed by atoms with Gasteiger partial charge in [-0.15, -0.1) is 0 Å². The second-order valence-corrected chi connectivity index (χ2v) is 9.72. The van der Waals surface area contributed by atoms with E-state index in [1.165, 1.54) is 0 Å². The van der Waals surface area contributed by atoms with Crippen LogP contribution >= 0.6 is 0 Å². The summed E-state index contributed by atoms with van der Waals surface area (Å²) in [6.07, 6.45) is -2.02. The molecule has 0 saturated heterocycles. The highest BCUT2D eigenvalue weighted by Crippen LogP contribution is 2.42. The Morgan fingerprint density at radius 2 is 1.75 bits per heavy atom. The first-order valence-electron chi connectivity index (χ1n) is 10.9. The predicted molar refractivity (Wildman–Crippen MR) is 126 cm³/mol. The SMILES string of the molecule is Cc1ccc2c(c1)C(c1cccc3ccccc13)OC(CC(=O)O)C(=O)N2CC(C)(C)C. The van der Waals surface area contributed by atoms with Gasteiger partial charge in [-0.25, -0.2) is 0 Å². The van der Waals surface area contributed by atoms with E-state index >= 15 is 0 Å². The quantitative estimate of drug-likeness (QED) is 0.593. The number of benzene rings is 3. The van der Waals surface area contributed by atoms with Gasteiger partial charge in [0.25, 0.3) is 5.91 Å². The molecule has 4 rings (SSSR count). The maximum absolute atomic E-state index is 13.6. The topological polar surface area (TPSA) is 66.8 Å². The van der Waals surface area contributed by atoms with Crippen molar-refractivity contribution in [3.05, 3.63) is 77.4 Å². The van der Waals surface area contributed by atoms with E-state index in [-0.39, 0.29) is 17.7 Å². The summed E-state index contributed by atoms with van der Waals surface area (Å²) in [7, 11) is 0. The van der Waals surface area contributed by atoms with Crippen LogP contribution in [0.4, 0.5) is 5.69 Å². The molecule has 5 nitrogen and oxygen atoms in total. The van der Waals surface area contributed by atoms with Crippen LogP contribution in [0.1, 0.15) is 50.0 Å². The lowest BCUT2D eigenvalue weighted by molar-refractivity contribution is -0.147. The summed E-state index contributed by atoms with van der Waals surface area (Å²) < 4.78 is 6.38. The Morgan fingerprint density at radius 3 is 2.47 bits per heavy atom. The van der Waals surface area contributed by atoms with E-state index < -0.39 is 18.2 Å². The number of rotatable bonds is 4. The Hall–Kier alpha value is -3.18. The highest BCUT2D eigenvalue weighted by Gasteiger charge is 2.39. The van der Waals surface area contributed by atoms with E-state index in [0.717, 1.165) is 33.2 Å². The van der Waals surface area contributed by atoms with Gasteiger partial charge in [0.15, 0.2) is 0 Å². The number of carboxylic acid groups (broad SMARTS) is 1. The number of carbonyl (C=O) groups excluding carboxylic acids is 1. The van der Waals surface area contributed by atoms with E-state index in [2.05, 4.69) is 20.8 Å². The normalized spacial score (nSPS) is 19.0. The summed E-state index contributed by atoms with van der Waals surface area (Å²) in [5.41, 5.74) is 3.46.